The molecule has 3 heterocycles. The Hall–Kier alpha value is -3.69. The molecule has 8 nitrogen and oxygen atoms in total. The van der Waals surface area contributed by atoms with Gasteiger partial charge in [0.05, 0.1) is 16.1 Å². The molecule has 5 aromatic rings. The van der Waals surface area contributed by atoms with Crippen molar-refractivity contribution in [2.75, 3.05) is 0 Å². The molecule has 0 aliphatic heterocycles. The highest BCUT2D eigenvalue weighted by molar-refractivity contribution is 7.89. The molecule has 0 saturated carbocycles. The molecule has 30 heavy (non-hydrogen) atoms. The van der Waals surface area contributed by atoms with Gasteiger partial charge >= 0.3 is 0 Å². The highest BCUT2D eigenvalue weighted by Crippen LogP contribution is 2.21. The van der Waals surface area contributed by atoms with Gasteiger partial charge in [-0.05, 0) is 48.0 Å². The molecule has 3 aromatic heterocycles. The van der Waals surface area contributed by atoms with Gasteiger partial charge < -0.3 is 0 Å². The predicted octanol–water partition coefficient (Wildman–Crippen LogP) is 2.58. The lowest BCUT2D eigenvalue weighted by molar-refractivity contribution is 0.598. The summed E-state index contributed by atoms with van der Waals surface area (Å²) >= 11 is 0. The van der Waals surface area contributed by atoms with Crippen LogP contribution in [0.15, 0.2) is 77.8 Å². The number of hydrogen-bond acceptors (Lipinski definition) is 6. The summed E-state index contributed by atoms with van der Waals surface area (Å²) in [4.78, 5) is 4.38. The lowest BCUT2D eigenvalue weighted by atomic mass is 10.1. The minimum Gasteiger partial charge on any atom is -0.256 e. The van der Waals surface area contributed by atoms with Crippen molar-refractivity contribution in [1.29, 1.82) is 0 Å². The van der Waals surface area contributed by atoms with Gasteiger partial charge in [-0.1, -0.05) is 24.3 Å². The van der Waals surface area contributed by atoms with Crippen molar-refractivity contribution >= 4 is 26.6 Å². The van der Waals surface area contributed by atoms with Gasteiger partial charge in [0.15, 0.2) is 11.5 Å². The molecule has 148 valence electrons. The molecule has 0 atom stereocenters. The smallest absolute Gasteiger partial charge is 0.238 e. The molecular weight excluding hydrogens is 400 g/mol. The van der Waals surface area contributed by atoms with Crippen molar-refractivity contribution in [2.24, 2.45) is 5.14 Å². The maximum absolute atomic E-state index is 11.7. The summed E-state index contributed by atoms with van der Waals surface area (Å²) in [5, 5.41) is 19.4. The molecule has 0 bridgehead atoms. The number of primary sulfonamides is 1. The summed E-state index contributed by atoms with van der Waals surface area (Å²) in [5.41, 5.74) is 3.84. The molecule has 2 aromatic carbocycles. The van der Waals surface area contributed by atoms with E-state index in [0.29, 0.717) is 29.1 Å². The molecule has 0 fully saturated rings. The van der Waals surface area contributed by atoms with Gasteiger partial charge in [0.2, 0.25) is 10.0 Å². The molecule has 0 amide bonds. The Labute approximate surface area is 172 Å². The summed E-state index contributed by atoms with van der Waals surface area (Å²) in [7, 11) is -3.80. The summed E-state index contributed by atoms with van der Waals surface area (Å²) in [5.74, 6) is 0.678. The minimum absolute atomic E-state index is 0.0376. The second-order valence-electron chi connectivity index (χ2n) is 6.88. The topological polar surface area (TPSA) is 116 Å². The number of sulfonamides is 1. The van der Waals surface area contributed by atoms with Gasteiger partial charge in [0, 0.05) is 23.6 Å². The van der Waals surface area contributed by atoms with E-state index < -0.39 is 10.0 Å². The molecule has 5 rings (SSSR count). The largest absolute Gasteiger partial charge is 0.256 e. The van der Waals surface area contributed by atoms with E-state index >= 15 is 0 Å². The fraction of sp³-hybridized carbons (Fsp3) is 0.0476. The maximum Gasteiger partial charge on any atom is 0.238 e. The number of nitrogens with two attached hydrogens (primary N) is 1. The van der Waals surface area contributed by atoms with E-state index in [4.69, 9.17) is 5.14 Å². The van der Waals surface area contributed by atoms with E-state index in [9.17, 15) is 8.42 Å². The number of aromatic nitrogens is 5. The average molecular weight is 416 g/mol. The van der Waals surface area contributed by atoms with Gasteiger partial charge in [0.25, 0.3) is 0 Å². The third-order valence-corrected chi connectivity index (χ3v) is 5.73. The van der Waals surface area contributed by atoms with Gasteiger partial charge in [-0.15, -0.1) is 10.2 Å². The molecule has 9 heteroatoms. The van der Waals surface area contributed by atoms with Crippen LogP contribution in [-0.2, 0) is 16.4 Å². The monoisotopic (exact) mass is 416 g/mol. The molecular formula is C21H16N6O2S. The highest BCUT2D eigenvalue weighted by Gasteiger charge is 2.13. The Morgan fingerprint density at radius 1 is 0.933 bits per heavy atom. The van der Waals surface area contributed by atoms with Gasteiger partial charge in [-0.2, -0.15) is 9.61 Å². The van der Waals surface area contributed by atoms with Crippen LogP contribution in [0.2, 0.25) is 0 Å². The van der Waals surface area contributed by atoms with Gasteiger partial charge in [-0.25, -0.2) is 13.6 Å². The number of pyridine rings is 1. The normalized spacial score (nSPS) is 11.9. The number of benzene rings is 2. The van der Waals surface area contributed by atoms with Crippen LogP contribution in [0.25, 0.3) is 27.8 Å². The first-order chi connectivity index (χ1) is 14.5. The fourth-order valence-electron chi connectivity index (χ4n) is 3.35. The van der Waals surface area contributed by atoms with E-state index in [0.717, 1.165) is 16.5 Å². The lowest BCUT2D eigenvalue weighted by Gasteiger charge is -2.06. The molecule has 2 N–H and O–H groups in total. The van der Waals surface area contributed by atoms with E-state index in [1.807, 2.05) is 24.3 Å². The van der Waals surface area contributed by atoms with E-state index in [-0.39, 0.29) is 4.90 Å². The van der Waals surface area contributed by atoms with Crippen molar-refractivity contribution in [3.8, 4) is 11.3 Å². The van der Waals surface area contributed by atoms with Gasteiger partial charge in [0.1, 0.15) is 0 Å². The maximum atomic E-state index is 11.7. The minimum atomic E-state index is -3.80. The van der Waals surface area contributed by atoms with Crippen LogP contribution in [-0.4, -0.2) is 33.2 Å². The van der Waals surface area contributed by atoms with Crippen LogP contribution in [0.3, 0.4) is 0 Å². The quantitative estimate of drug-likeness (QED) is 0.481. The van der Waals surface area contributed by atoms with Crippen molar-refractivity contribution in [3.05, 3.63) is 84.3 Å². The number of hydrogen-bond donors (Lipinski definition) is 1. The van der Waals surface area contributed by atoms with E-state index in [1.165, 1.54) is 12.1 Å². The standard InChI is InChI=1S/C21H16N6O2S/c22-30(28,29)17-5-1-3-16(13-17)19-8-9-20-24-25-21(27(20)26-19)12-14-6-7-18-15(11-14)4-2-10-23-18/h1-11,13H,12H2,(H2,22,28,29). The molecule has 0 radical (unpaired) electrons. The van der Waals surface area contributed by atoms with Crippen LogP contribution in [0.4, 0.5) is 0 Å². The molecule has 0 aliphatic rings. The molecule has 0 spiro atoms. The molecule has 0 aliphatic carbocycles. The van der Waals surface area contributed by atoms with E-state index in [1.54, 1.807) is 35.0 Å². The molecule has 0 saturated heterocycles. The van der Waals surface area contributed by atoms with Gasteiger partial charge in [-0.3, -0.25) is 4.98 Å². The SMILES string of the molecule is NS(=O)(=O)c1cccc(-c2ccc3nnc(Cc4ccc5ncccc5c4)n3n2)c1. The zero-order chi connectivity index (χ0) is 20.7. The predicted molar refractivity (Wildman–Crippen MR) is 112 cm³/mol. The Bertz CT molecular complexity index is 1510. The summed E-state index contributed by atoms with van der Waals surface area (Å²) in [6.45, 7) is 0. The third kappa shape index (κ3) is 3.40. The Morgan fingerprint density at radius 3 is 2.70 bits per heavy atom. The average Bonchev–Trinajstić information content (AvgIpc) is 3.15. The Balaban J connectivity index is 1.54. The highest BCUT2D eigenvalue weighted by atomic mass is 32.2. The van der Waals surface area contributed by atoms with Crippen LogP contribution >= 0.6 is 0 Å². The second kappa shape index (κ2) is 6.97. The first-order valence-electron chi connectivity index (χ1n) is 9.16. The summed E-state index contributed by atoms with van der Waals surface area (Å²) in [6.07, 6.45) is 2.31. The van der Waals surface area contributed by atoms with E-state index in [2.05, 4.69) is 26.3 Å². The zero-order valence-corrected chi connectivity index (χ0v) is 16.5. The summed E-state index contributed by atoms with van der Waals surface area (Å²) < 4.78 is 25.0. The number of nitrogens with zero attached hydrogens (tertiary/aromatic N) is 5. The Kier molecular flexibility index (Phi) is 4.27. The number of fused-ring (bicyclic) bond motifs is 2. The second-order valence-corrected chi connectivity index (χ2v) is 8.45. The van der Waals surface area contributed by atoms with Crippen LogP contribution in [0, 0.1) is 0 Å². The first-order valence-corrected chi connectivity index (χ1v) is 10.7. The Morgan fingerprint density at radius 2 is 1.83 bits per heavy atom. The summed E-state index contributed by atoms with van der Waals surface area (Å²) in [6, 6.07) is 19.9. The van der Waals surface area contributed by atoms with Crippen LogP contribution < -0.4 is 5.14 Å². The van der Waals surface area contributed by atoms with Crippen molar-refractivity contribution < 1.29 is 8.42 Å². The first kappa shape index (κ1) is 18.3. The number of rotatable bonds is 4. The van der Waals surface area contributed by atoms with Crippen molar-refractivity contribution in [1.82, 2.24) is 24.8 Å². The molecule has 0 unspecified atom stereocenters. The van der Waals surface area contributed by atoms with Crippen LogP contribution in [0.5, 0.6) is 0 Å². The fourth-order valence-corrected chi connectivity index (χ4v) is 3.91. The third-order valence-electron chi connectivity index (χ3n) is 4.82. The lowest BCUT2D eigenvalue weighted by Crippen LogP contribution is -2.12. The zero-order valence-electron chi connectivity index (χ0n) is 15.7. The van der Waals surface area contributed by atoms with Crippen LogP contribution in [0.1, 0.15) is 11.4 Å². The van der Waals surface area contributed by atoms with Crippen molar-refractivity contribution in [3.63, 3.8) is 0 Å². The van der Waals surface area contributed by atoms with Crippen molar-refractivity contribution in [2.45, 2.75) is 11.3 Å².